The lowest BCUT2D eigenvalue weighted by atomic mass is 10.1. The van der Waals surface area contributed by atoms with Gasteiger partial charge in [-0.25, -0.2) is 9.18 Å². The SMILES string of the molecule is Cc1[nH]c2cccc(F)c2c1-c1oncc1C(=O)O. The lowest BCUT2D eigenvalue weighted by Gasteiger charge is -1.99. The van der Waals surface area contributed by atoms with Crippen molar-refractivity contribution in [1.82, 2.24) is 10.1 Å². The number of H-pyrrole nitrogens is 1. The molecule has 3 rings (SSSR count). The highest BCUT2D eigenvalue weighted by molar-refractivity contribution is 6.02. The van der Waals surface area contributed by atoms with E-state index in [0.717, 1.165) is 6.20 Å². The molecule has 2 aromatic heterocycles. The second kappa shape index (κ2) is 3.94. The van der Waals surface area contributed by atoms with Crippen LogP contribution in [0.3, 0.4) is 0 Å². The van der Waals surface area contributed by atoms with E-state index in [1.165, 1.54) is 6.07 Å². The lowest BCUT2D eigenvalue weighted by Crippen LogP contribution is -1.96. The topological polar surface area (TPSA) is 79.1 Å². The molecule has 2 N–H and O–H groups in total. The molecule has 0 amide bonds. The molecule has 0 unspecified atom stereocenters. The number of aryl methyl sites for hydroxylation is 1. The third-order valence-electron chi connectivity index (χ3n) is 2.99. The summed E-state index contributed by atoms with van der Waals surface area (Å²) in [7, 11) is 0. The summed E-state index contributed by atoms with van der Waals surface area (Å²) >= 11 is 0. The van der Waals surface area contributed by atoms with Gasteiger partial charge in [0.15, 0.2) is 5.76 Å². The zero-order chi connectivity index (χ0) is 13.6. The van der Waals surface area contributed by atoms with Crippen LogP contribution in [0.4, 0.5) is 4.39 Å². The third-order valence-corrected chi connectivity index (χ3v) is 2.99. The van der Waals surface area contributed by atoms with Crippen LogP contribution in [0.5, 0.6) is 0 Å². The average Bonchev–Trinajstić information content (AvgIpc) is 2.92. The Kier molecular flexibility index (Phi) is 2.38. The molecule has 0 fully saturated rings. The number of benzene rings is 1. The Hall–Kier alpha value is -2.63. The predicted molar refractivity (Wildman–Crippen MR) is 65.5 cm³/mol. The summed E-state index contributed by atoms with van der Waals surface area (Å²) in [5, 5.41) is 12.9. The second-order valence-electron chi connectivity index (χ2n) is 4.16. The summed E-state index contributed by atoms with van der Waals surface area (Å²) in [6.45, 7) is 1.73. The summed E-state index contributed by atoms with van der Waals surface area (Å²) in [5.74, 6) is -1.55. The number of nitrogens with one attached hydrogen (secondary N) is 1. The minimum atomic E-state index is -1.17. The first kappa shape index (κ1) is 11.5. The Morgan fingerprint density at radius 2 is 2.26 bits per heavy atom. The van der Waals surface area contributed by atoms with E-state index in [0.29, 0.717) is 22.2 Å². The molecular weight excluding hydrogens is 251 g/mol. The molecule has 19 heavy (non-hydrogen) atoms. The smallest absolute Gasteiger partial charge is 0.341 e. The van der Waals surface area contributed by atoms with Gasteiger partial charge in [0.2, 0.25) is 0 Å². The molecule has 2 heterocycles. The van der Waals surface area contributed by atoms with Gasteiger partial charge in [0.25, 0.3) is 0 Å². The fourth-order valence-electron chi connectivity index (χ4n) is 2.19. The maximum absolute atomic E-state index is 14.0. The van der Waals surface area contributed by atoms with Crippen LogP contribution >= 0.6 is 0 Å². The van der Waals surface area contributed by atoms with Crippen LogP contribution < -0.4 is 0 Å². The maximum atomic E-state index is 14.0. The number of carbonyl (C=O) groups is 1. The zero-order valence-corrected chi connectivity index (χ0v) is 9.90. The van der Waals surface area contributed by atoms with Gasteiger partial charge in [-0.2, -0.15) is 0 Å². The van der Waals surface area contributed by atoms with Crippen LogP contribution in [0.15, 0.2) is 28.9 Å². The van der Waals surface area contributed by atoms with Gasteiger partial charge in [-0.15, -0.1) is 0 Å². The number of halogens is 1. The van der Waals surface area contributed by atoms with Crippen LogP contribution in [-0.2, 0) is 0 Å². The number of rotatable bonds is 2. The Labute approximate surface area is 106 Å². The predicted octanol–water partition coefficient (Wildman–Crippen LogP) is 2.97. The Morgan fingerprint density at radius 3 is 3.00 bits per heavy atom. The van der Waals surface area contributed by atoms with Gasteiger partial charge in [-0.05, 0) is 19.1 Å². The molecule has 96 valence electrons. The van der Waals surface area contributed by atoms with Gasteiger partial charge in [-0.3, -0.25) is 0 Å². The van der Waals surface area contributed by atoms with Gasteiger partial charge in [0.05, 0.1) is 11.8 Å². The van der Waals surface area contributed by atoms with Crippen molar-refractivity contribution in [2.75, 3.05) is 0 Å². The summed E-state index contributed by atoms with van der Waals surface area (Å²) < 4.78 is 19.0. The fourth-order valence-corrected chi connectivity index (χ4v) is 2.19. The molecule has 0 aliphatic rings. The summed E-state index contributed by atoms with van der Waals surface area (Å²) in [6.07, 6.45) is 1.11. The largest absolute Gasteiger partial charge is 0.477 e. The normalized spacial score (nSPS) is 11.1. The Balaban J connectivity index is 2.39. The second-order valence-corrected chi connectivity index (χ2v) is 4.16. The first-order valence-corrected chi connectivity index (χ1v) is 5.54. The van der Waals surface area contributed by atoms with E-state index in [2.05, 4.69) is 10.1 Å². The van der Waals surface area contributed by atoms with Gasteiger partial charge >= 0.3 is 5.97 Å². The molecular formula is C13H9FN2O3. The molecule has 0 aliphatic carbocycles. The molecule has 0 spiro atoms. The van der Waals surface area contributed by atoms with Crippen molar-refractivity contribution in [3.8, 4) is 11.3 Å². The van der Waals surface area contributed by atoms with E-state index in [-0.39, 0.29) is 11.3 Å². The molecule has 6 heteroatoms. The standard InChI is InChI=1S/C13H9FN2O3/c1-6-10(12-7(13(17)18)5-15-19-12)11-8(14)3-2-4-9(11)16-6/h2-5,16H,1H3,(H,17,18). The van der Waals surface area contributed by atoms with Crippen LogP contribution in [0.25, 0.3) is 22.2 Å². The Bertz CT molecular complexity index is 788. The minimum absolute atomic E-state index is 0.0568. The molecule has 0 bridgehead atoms. The van der Waals surface area contributed by atoms with Crippen LogP contribution in [0.1, 0.15) is 16.1 Å². The highest BCUT2D eigenvalue weighted by Gasteiger charge is 2.23. The molecule has 1 aromatic carbocycles. The molecule has 0 radical (unpaired) electrons. The molecule has 3 aromatic rings. The molecule has 5 nitrogen and oxygen atoms in total. The minimum Gasteiger partial charge on any atom is -0.477 e. The van der Waals surface area contributed by atoms with Gasteiger partial charge in [0, 0.05) is 16.6 Å². The number of aromatic nitrogens is 2. The maximum Gasteiger partial charge on any atom is 0.341 e. The lowest BCUT2D eigenvalue weighted by molar-refractivity contribution is 0.0697. The molecule has 0 saturated carbocycles. The van der Waals surface area contributed by atoms with Gasteiger partial charge in [-0.1, -0.05) is 11.2 Å². The first-order valence-electron chi connectivity index (χ1n) is 5.54. The summed E-state index contributed by atoms with van der Waals surface area (Å²) in [6, 6.07) is 4.61. The van der Waals surface area contributed by atoms with E-state index in [1.54, 1.807) is 19.1 Å². The van der Waals surface area contributed by atoms with Crippen molar-refractivity contribution in [3.05, 3.63) is 41.5 Å². The van der Waals surface area contributed by atoms with Crippen LogP contribution in [0, 0.1) is 12.7 Å². The summed E-state index contributed by atoms with van der Waals surface area (Å²) in [4.78, 5) is 14.1. The highest BCUT2D eigenvalue weighted by Crippen LogP contribution is 2.35. The van der Waals surface area contributed by atoms with Crippen molar-refractivity contribution >= 4 is 16.9 Å². The fraction of sp³-hybridized carbons (Fsp3) is 0.0769. The first-order chi connectivity index (χ1) is 9.09. The number of carboxylic acids is 1. The van der Waals surface area contributed by atoms with E-state index >= 15 is 0 Å². The van der Waals surface area contributed by atoms with Crippen molar-refractivity contribution in [2.45, 2.75) is 6.92 Å². The van der Waals surface area contributed by atoms with Crippen LogP contribution in [0.2, 0.25) is 0 Å². The summed E-state index contributed by atoms with van der Waals surface area (Å²) in [5.41, 5.74) is 1.51. The third kappa shape index (κ3) is 1.61. The molecule has 0 saturated heterocycles. The van der Waals surface area contributed by atoms with E-state index in [1.807, 2.05) is 0 Å². The quantitative estimate of drug-likeness (QED) is 0.742. The van der Waals surface area contributed by atoms with E-state index in [4.69, 9.17) is 9.63 Å². The van der Waals surface area contributed by atoms with E-state index in [9.17, 15) is 9.18 Å². The van der Waals surface area contributed by atoms with Crippen molar-refractivity contribution < 1.29 is 18.8 Å². The highest BCUT2D eigenvalue weighted by atomic mass is 19.1. The van der Waals surface area contributed by atoms with Crippen molar-refractivity contribution in [3.63, 3.8) is 0 Å². The monoisotopic (exact) mass is 260 g/mol. The molecule has 0 atom stereocenters. The van der Waals surface area contributed by atoms with Gasteiger partial charge < -0.3 is 14.6 Å². The number of hydrogen-bond donors (Lipinski definition) is 2. The molecule has 0 aliphatic heterocycles. The zero-order valence-electron chi connectivity index (χ0n) is 9.90. The number of hydrogen-bond acceptors (Lipinski definition) is 3. The number of aromatic carboxylic acids is 1. The van der Waals surface area contributed by atoms with Crippen molar-refractivity contribution in [2.24, 2.45) is 0 Å². The van der Waals surface area contributed by atoms with Crippen LogP contribution in [-0.4, -0.2) is 21.2 Å². The van der Waals surface area contributed by atoms with Gasteiger partial charge in [0.1, 0.15) is 11.4 Å². The Morgan fingerprint density at radius 1 is 1.47 bits per heavy atom. The number of fused-ring (bicyclic) bond motifs is 1. The number of carboxylic acid groups (broad SMARTS) is 1. The van der Waals surface area contributed by atoms with Crippen molar-refractivity contribution in [1.29, 1.82) is 0 Å². The number of nitrogens with zero attached hydrogens (tertiary/aromatic N) is 1. The average molecular weight is 260 g/mol. The number of aromatic amines is 1. The van der Waals surface area contributed by atoms with E-state index < -0.39 is 11.8 Å².